The first-order valence-corrected chi connectivity index (χ1v) is 8.35. The molecule has 3 rings (SSSR count). The van der Waals surface area contributed by atoms with Gasteiger partial charge in [-0.1, -0.05) is 29.8 Å². The molecule has 1 aromatic carbocycles. The van der Waals surface area contributed by atoms with E-state index in [0.717, 1.165) is 12.1 Å². The SMILES string of the molecule is COc1ccsc1C(=O)N1CCNCC1c1ccccc1Cl. The van der Waals surface area contributed by atoms with Crippen molar-refractivity contribution in [2.45, 2.75) is 6.04 Å². The molecule has 0 spiro atoms. The van der Waals surface area contributed by atoms with Gasteiger partial charge in [-0.2, -0.15) is 0 Å². The standard InChI is InChI=1S/C16H17ClN2O2S/c1-21-14-6-9-22-15(14)16(20)19-8-7-18-10-13(19)11-4-2-3-5-12(11)17/h2-6,9,13,18H,7-8,10H2,1H3. The van der Waals surface area contributed by atoms with Crippen LogP contribution in [0.2, 0.25) is 5.02 Å². The van der Waals surface area contributed by atoms with E-state index in [1.807, 2.05) is 40.6 Å². The first-order valence-electron chi connectivity index (χ1n) is 7.10. The zero-order valence-electron chi connectivity index (χ0n) is 12.2. The van der Waals surface area contributed by atoms with Gasteiger partial charge in [-0.25, -0.2) is 0 Å². The number of halogens is 1. The first kappa shape index (κ1) is 15.3. The number of hydrogen-bond acceptors (Lipinski definition) is 4. The van der Waals surface area contributed by atoms with Crippen LogP contribution in [0.1, 0.15) is 21.3 Å². The Morgan fingerprint density at radius 1 is 1.41 bits per heavy atom. The van der Waals surface area contributed by atoms with Crippen molar-refractivity contribution in [2.24, 2.45) is 0 Å². The number of hydrogen-bond donors (Lipinski definition) is 1. The van der Waals surface area contributed by atoms with Gasteiger partial charge in [0.2, 0.25) is 0 Å². The summed E-state index contributed by atoms with van der Waals surface area (Å²) in [5.74, 6) is 0.629. The number of thiophene rings is 1. The molecule has 1 saturated heterocycles. The molecule has 0 aliphatic carbocycles. The van der Waals surface area contributed by atoms with E-state index in [1.54, 1.807) is 7.11 Å². The third kappa shape index (κ3) is 2.84. The average molecular weight is 337 g/mol. The van der Waals surface area contributed by atoms with E-state index >= 15 is 0 Å². The molecule has 1 aliphatic rings. The third-order valence-electron chi connectivity index (χ3n) is 3.81. The normalized spacial score (nSPS) is 18.3. The van der Waals surface area contributed by atoms with Crippen LogP contribution >= 0.6 is 22.9 Å². The second-order valence-electron chi connectivity index (χ2n) is 5.06. The highest BCUT2D eigenvalue weighted by Crippen LogP contribution is 2.33. The Balaban J connectivity index is 1.93. The maximum Gasteiger partial charge on any atom is 0.268 e. The minimum atomic E-state index is -0.0678. The second kappa shape index (κ2) is 6.69. The molecular formula is C16H17ClN2O2S. The summed E-state index contributed by atoms with van der Waals surface area (Å²) in [6.07, 6.45) is 0. The van der Waals surface area contributed by atoms with Gasteiger partial charge in [0.05, 0.1) is 13.2 Å². The molecule has 2 heterocycles. The largest absolute Gasteiger partial charge is 0.495 e. The van der Waals surface area contributed by atoms with Crippen LogP contribution in [-0.4, -0.2) is 37.6 Å². The van der Waals surface area contributed by atoms with Crippen LogP contribution in [0, 0.1) is 0 Å². The van der Waals surface area contributed by atoms with Gasteiger partial charge in [-0.15, -0.1) is 11.3 Å². The quantitative estimate of drug-likeness (QED) is 0.936. The van der Waals surface area contributed by atoms with Crippen molar-refractivity contribution < 1.29 is 9.53 Å². The van der Waals surface area contributed by atoms with Gasteiger partial charge in [0.15, 0.2) is 0 Å². The summed E-state index contributed by atoms with van der Waals surface area (Å²) in [5, 5.41) is 5.90. The highest BCUT2D eigenvalue weighted by atomic mass is 35.5. The molecule has 1 aliphatic heterocycles. The summed E-state index contributed by atoms with van der Waals surface area (Å²) in [6.45, 7) is 2.12. The maximum atomic E-state index is 12.9. The van der Waals surface area contributed by atoms with Crippen LogP contribution in [0.3, 0.4) is 0 Å². The minimum absolute atomic E-state index is 0.00160. The van der Waals surface area contributed by atoms with Crippen LogP contribution in [-0.2, 0) is 0 Å². The topological polar surface area (TPSA) is 41.6 Å². The summed E-state index contributed by atoms with van der Waals surface area (Å²) in [4.78, 5) is 15.4. The molecule has 1 unspecified atom stereocenters. The van der Waals surface area contributed by atoms with Crippen molar-refractivity contribution in [3.8, 4) is 5.75 Å². The lowest BCUT2D eigenvalue weighted by Crippen LogP contribution is -2.48. The molecule has 2 aromatic rings. The molecule has 1 amide bonds. The Morgan fingerprint density at radius 2 is 2.23 bits per heavy atom. The smallest absolute Gasteiger partial charge is 0.268 e. The molecule has 0 bridgehead atoms. The van der Waals surface area contributed by atoms with Crippen LogP contribution in [0.5, 0.6) is 5.75 Å². The number of ether oxygens (including phenoxy) is 1. The van der Waals surface area contributed by atoms with Crippen LogP contribution in [0.25, 0.3) is 0 Å². The van der Waals surface area contributed by atoms with Gasteiger partial charge in [0.25, 0.3) is 5.91 Å². The molecule has 1 fully saturated rings. The number of carbonyl (C=O) groups excluding carboxylic acids is 1. The Labute approximate surface area is 138 Å². The predicted molar refractivity (Wildman–Crippen MR) is 89.0 cm³/mol. The number of carbonyl (C=O) groups is 1. The molecule has 1 atom stereocenters. The third-order valence-corrected chi connectivity index (χ3v) is 5.04. The molecular weight excluding hydrogens is 320 g/mol. The van der Waals surface area contributed by atoms with Gasteiger partial charge >= 0.3 is 0 Å². The van der Waals surface area contributed by atoms with Gasteiger partial charge in [-0.3, -0.25) is 4.79 Å². The van der Waals surface area contributed by atoms with Gasteiger partial charge in [-0.05, 0) is 23.1 Å². The van der Waals surface area contributed by atoms with Crippen molar-refractivity contribution in [1.82, 2.24) is 10.2 Å². The van der Waals surface area contributed by atoms with Crippen LogP contribution < -0.4 is 10.1 Å². The Kier molecular flexibility index (Phi) is 4.66. The van der Waals surface area contributed by atoms with Crippen molar-refractivity contribution in [3.05, 3.63) is 51.2 Å². The van der Waals surface area contributed by atoms with Gasteiger partial charge in [0.1, 0.15) is 10.6 Å². The van der Waals surface area contributed by atoms with Crippen LogP contribution in [0.4, 0.5) is 0 Å². The number of rotatable bonds is 3. The maximum absolute atomic E-state index is 12.9. The summed E-state index contributed by atoms with van der Waals surface area (Å²) < 4.78 is 5.28. The average Bonchev–Trinajstić information content (AvgIpc) is 3.03. The summed E-state index contributed by atoms with van der Waals surface area (Å²) in [5.41, 5.74) is 0.972. The fourth-order valence-corrected chi connectivity index (χ4v) is 3.79. The lowest BCUT2D eigenvalue weighted by molar-refractivity contribution is 0.0636. The van der Waals surface area contributed by atoms with Gasteiger partial charge < -0.3 is 15.0 Å². The Morgan fingerprint density at radius 3 is 3.00 bits per heavy atom. The predicted octanol–water partition coefficient (Wildman–Crippen LogP) is 3.20. The second-order valence-corrected chi connectivity index (χ2v) is 6.38. The zero-order valence-corrected chi connectivity index (χ0v) is 13.8. The number of piperazine rings is 1. The van der Waals surface area contributed by atoms with E-state index < -0.39 is 0 Å². The molecule has 0 saturated carbocycles. The lowest BCUT2D eigenvalue weighted by Gasteiger charge is -2.36. The van der Waals surface area contributed by atoms with E-state index in [2.05, 4.69) is 5.32 Å². The van der Waals surface area contributed by atoms with Crippen molar-refractivity contribution in [1.29, 1.82) is 0 Å². The van der Waals surface area contributed by atoms with E-state index in [0.29, 0.717) is 28.7 Å². The molecule has 6 heteroatoms. The summed E-state index contributed by atoms with van der Waals surface area (Å²) in [7, 11) is 1.59. The molecule has 0 radical (unpaired) electrons. The highest BCUT2D eigenvalue weighted by molar-refractivity contribution is 7.12. The van der Waals surface area contributed by atoms with Gasteiger partial charge in [0, 0.05) is 24.7 Å². The van der Waals surface area contributed by atoms with E-state index in [1.165, 1.54) is 11.3 Å². The monoisotopic (exact) mass is 336 g/mol. The van der Waals surface area contributed by atoms with Crippen molar-refractivity contribution >= 4 is 28.8 Å². The highest BCUT2D eigenvalue weighted by Gasteiger charge is 2.31. The fraction of sp³-hybridized carbons (Fsp3) is 0.312. The molecule has 22 heavy (non-hydrogen) atoms. The van der Waals surface area contributed by atoms with E-state index in [9.17, 15) is 4.79 Å². The van der Waals surface area contributed by atoms with E-state index in [4.69, 9.17) is 16.3 Å². The van der Waals surface area contributed by atoms with Crippen molar-refractivity contribution in [2.75, 3.05) is 26.7 Å². The number of amides is 1. The Hall–Kier alpha value is -1.56. The molecule has 4 nitrogen and oxygen atoms in total. The Bertz CT molecular complexity index is 674. The molecule has 116 valence electrons. The number of nitrogens with zero attached hydrogens (tertiary/aromatic N) is 1. The number of methoxy groups -OCH3 is 1. The zero-order chi connectivity index (χ0) is 15.5. The first-order chi connectivity index (χ1) is 10.7. The minimum Gasteiger partial charge on any atom is -0.495 e. The van der Waals surface area contributed by atoms with Crippen LogP contribution in [0.15, 0.2) is 35.7 Å². The summed E-state index contributed by atoms with van der Waals surface area (Å²) in [6, 6.07) is 9.44. The molecule has 1 aromatic heterocycles. The number of benzene rings is 1. The lowest BCUT2D eigenvalue weighted by atomic mass is 10.0. The van der Waals surface area contributed by atoms with E-state index in [-0.39, 0.29) is 11.9 Å². The fourth-order valence-electron chi connectivity index (χ4n) is 2.72. The van der Waals surface area contributed by atoms with Crippen molar-refractivity contribution in [3.63, 3.8) is 0 Å². The molecule has 1 N–H and O–H groups in total. The summed E-state index contributed by atoms with van der Waals surface area (Å²) >= 11 is 7.73. The number of nitrogens with one attached hydrogen (secondary N) is 1.